The van der Waals surface area contributed by atoms with Crippen molar-refractivity contribution < 1.29 is 9.90 Å². The summed E-state index contributed by atoms with van der Waals surface area (Å²) in [5.41, 5.74) is 5.91. The van der Waals surface area contributed by atoms with Crippen LogP contribution in [0.2, 0.25) is 0 Å². The highest BCUT2D eigenvalue weighted by Gasteiger charge is 2.14. The Balaban J connectivity index is 2.97. The van der Waals surface area contributed by atoms with Crippen LogP contribution in [0.4, 0.5) is 0 Å². The fraction of sp³-hybridized carbons (Fsp3) is 0.500. The monoisotopic (exact) mass is 183 g/mol. The zero-order valence-electron chi connectivity index (χ0n) is 7.50. The second-order valence-electron chi connectivity index (χ2n) is 2.77. The first kappa shape index (κ1) is 9.73. The van der Waals surface area contributed by atoms with Gasteiger partial charge in [-0.3, -0.25) is 0 Å². The van der Waals surface area contributed by atoms with Gasteiger partial charge in [-0.25, -0.2) is 9.78 Å². The molecule has 5 heteroatoms. The molecule has 0 spiro atoms. The zero-order valence-corrected chi connectivity index (χ0v) is 7.50. The minimum Gasteiger partial charge on any atom is -0.476 e. The van der Waals surface area contributed by atoms with Crippen molar-refractivity contribution in [3.05, 3.63) is 17.2 Å². The number of nitrogens with zero attached hydrogens (tertiary/aromatic N) is 1. The summed E-state index contributed by atoms with van der Waals surface area (Å²) >= 11 is 0. The van der Waals surface area contributed by atoms with Gasteiger partial charge >= 0.3 is 5.97 Å². The van der Waals surface area contributed by atoms with E-state index >= 15 is 0 Å². The van der Waals surface area contributed by atoms with Gasteiger partial charge in [-0.05, 0) is 6.42 Å². The summed E-state index contributed by atoms with van der Waals surface area (Å²) in [6, 6.07) is 0. The summed E-state index contributed by atoms with van der Waals surface area (Å²) in [5.74, 6) is -0.334. The lowest BCUT2D eigenvalue weighted by molar-refractivity contribution is 0.0689. The molecule has 0 saturated heterocycles. The molecular weight excluding hydrogens is 170 g/mol. The van der Waals surface area contributed by atoms with Crippen LogP contribution < -0.4 is 5.73 Å². The number of hydrogen-bond donors (Lipinski definition) is 3. The van der Waals surface area contributed by atoms with Crippen LogP contribution in [0.5, 0.6) is 0 Å². The van der Waals surface area contributed by atoms with Gasteiger partial charge in [0.25, 0.3) is 0 Å². The predicted molar refractivity (Wildman–Crippen MR) is 47.4 cm³/mol. The van der Waals surface area contributed by atoms with Crippen LogP contribution in [0, 0.1) is 0 Å². The average Bonchev–Trinajstić information content (AvgIpc) is 2.48. The molecule has 0 atom stereocenters. The topological polar surface area (TPSA) is 92.0 Å². The highest BCUT2D eigenvalue weighted by molar-refractivity contribution is 5.86. The van der Waals surface area contributed by atoms with Gasteiger partial charge in [-0.1, -0.05) is 6.92 Å². The second-order valence-corrected chi connectivity index (χ2v) is 2.77. The van der Waals surface area contributed by atoms with E-state index in [0.29, 0.717) is 11.5 Å². The first-order valence-electron chi connectivity index (χ1n) is 4.20. The highest BCUT2D eigenvalue weighted by atomic mass is 16.4. The van der Waals surface area contributed by atoms with Crippen molar-refractivity contribution in [2.45, 2.75) is 26.3 Å². The highest BCUT2D eigenvalue weighted by Crippen LogP contribution is 2.07. The van der Waals surface area contributed by atoms with Crippen LogP contribution in [0.1, 0.15) is 35.4 Å². The summed E-state index contributed by atoms with van der Waals surface area (Å²) in [6.45, 7) is 2.18. The van der Waals surface area contributed by atoms with Crippen molar-refractivity contribution >= 4 is 5.97 Å². The van der Waals surface area contributed by atoms with Crippen molar-refractivity contribution in [1.29, 1.82) is 0 Å². The number of carboxylic acids is 1. The number of carboxylic acid groups (broad SMARTS) is 1. The predicted octanol–water partition coefficient (Wildman–Crippen LogP) is 0.519. The Bertz CT molecular complexity index is 306. The van der Waals surface area contributed by atoms with Crippen LogP contribution in [0.3, 0.4) is 0 Å². The van der Waals surface area contributed by atoms with Crippen molar-refractivity contribution in [3.63, 3.8) is 0 Å². The minimum atomic E-state index is -1.03. The van der Waals surface area contributed by atoms with Crippen LogP contribution in [-0.2, 0) is 13.0 Å². The van der Waals surface area contributed by atoms with E-state index in [0.717, 1.165) is 12.8 Å². The van der Waals surface area contributed by atoms with Gasteiger partial charge in [0, 0.05) is 13.0 Å². The van der Waals surface area contributed by atoms with E-state index in [1.807, 2.05) is 6.92 Å². The van der Waals surface area contributed by atoms with Gasteiger partial charge in [0.05, 0.1) is 5.69 Å². The number of aromatic carboxylic acids is 1. The molecule has 0 unspecified atom stereocenters. The number of imidazole rings is 1. The Morgan fingerprint density at radius 3 is 2.77 bits per heavy atom. The minimum absolute atomic E-state index is 0.0472. The first-order chi connectivity index (χ1) is 6.19. The van der Waals surface area contributed by atoms with E-state index in [4.69, 9.17) is 10.8 Å². The van der Waals surface area contributed by atoms with Gasteiger partial charge in [0.1, 0.15) is 5.82 Å². The molecule has 5 nitrogen and oxygen atoms in total. The Kier molecular flexibility index (Phi) is 3.02. The van der Waals surface area contributed by atoms with Crippen molar-refractivity contribution in [3.8, 4) is 0 Å². The van der Waals surface area contributed by atoms with Gasteiger partial charge in [0.2, 0.25) is 0 Å². The molecule has 0 aliphatic heterocycles. The fourth-order valence-corrected chi connectivity index (χ4v) is 1.14. The SMILES string of the molecule is CCCc1nc(C(=O)O)c(CN)[nH]1. The summed E-state index contributed by atoms with van der Waals surface area (Å²) in [6.07, 6.45) is 1.68. The summed E-state index contributed by atoms with van der Waals surface area (Å²) in [5, 5.41) is 8.74. The number of carbonyl (C=O) groups is 1. The van der Waals surface area contributed by atoms with Gasteiger partial charge in [-0.15, -0.1) is 0 Å². The molecule has 1 rings (SSSR count). The van der Waals surface area contributed by atoms with Gasteiger partial charge in [0.15, 0.2) is 5.69 Å². The van der Waals surface area contributed by atoms with Crippen LogP contribution in [0.25, 0.3) is 0 Å². The molecule has 0 fully saturated rings. The van der Waals surface area contributed by atoms with Gasteiger partial charge < -0.3 is 15.8 Å². The maximum absolute atomic E-state index is 10.7. The Labute approximate surface area is 76.0 Å². The van der Waals surface area contributed by atoms with Crippen molar-refractivity contribution in [2.24, 2.45) is 5.73 Å². The van der Waals surface area contributed by atoms with E-state index in [1.165, 1.54) is 0 Å². The molecular formula is C8H13N3O2. The number of aromatic nitrogens is 2. The van der Waals surface area contributed by atoms with E-state index in [1.54, 1.807) is 0 Å². The molecule has 0 aliphatic carbocycles. The molecule has 0 radical (unpaired) electrons. The summed E-state index contributed by atoms with van der Waals surface area (Å²) in [7, 11) is 0. The third-order valence-electron chi connectivity index (χ3n) is 1.72. The number of H-pyrrole nitrogens is 1. The third-order valence-corrected chi connectivity index (χ3v) is 1.72. The van der Waals surface area contributed by atoms with E-state index < -0.39 is 5.97 Å². The maximum Gasteiger partial charge on any atom is 0.356 e. The van der Waals surface area contributed by atoms with E-state index in [9.17, 15) is 4.79 Å². The fourth-order valence-electron chi connectivity index (χ4n) is 1.14. The number of aryl methyl sites for hydroxylation is 1. The molecule has 4 N–H and O–H groups in total. The third kappa shape index (κ3) is 2.06. The summed E-state index contributed by atoms with van der Waals surface area (Å²) in [4.78, 5) is 17.5. The van der Waals surface area contributed by atoms with Gasteiger partial charge in [-0.2, -0.15) is 0 Å². The molecule has 1 aromatic rings. The average molecular weight is 183 g/mol. The normalized spacial score (nSPS) is 10.3. The standard InChI is InChI=1S/C8H13N3O2/c1-2-3-6-10-5(4-9)7(11-6)8(12)13/h2-4,9H2,1H3,(H,10,11)(H,12,13). The molecule has 0 aromatic carbocycles. The van der Waals surface area contributed by atoms with Crippen molar-refractivity contribution in [1.82, 2.24) is 9.97 Å². The van der Waals surface area contributed by atoms with Crippen LogP contribution >= 0.6 is 0 Å². The number of nitrogens with two attached hydrogens (primary N) is 1. The lowest BCUT2D eigenvalue weighted by atomic mass is 10.3. The second kappa shape index (κ2) is 4.04. The number of hydrogen-bond acceptors (Lipinski definition) is 3. The largest absolute Gasteiger partial charge is 0.476 e. The smallest absolute Gasteiger partial charge is 0.356 e. The lowest BCUT2D eigenvalue weighted by Crippen LogP contribution is -2.06. The maximum atomic E-state index is 10.7. The number of aromatic amines is 1. The lowest BCUT2D eigenvalue weighted by Gasteiger charge is -1.90. The molecule has 0 bridgehead atoms. The van der Waals surface area contributed by atoms with Crippen LogP contribution in [-0.4, -0.2) is 21.0 Å². The molecule has 0 amide bonds. The van der Waals surface area contributed by atoms with Crippen molar-refractivity contribution in [2.75, 3.05) is 0 Å². The zero-order chi connectivity index (χ0) is 9.84. The number of nitrogens with one attached hydrogen (secondary N) is 1. The van der Waals surface area contributed by atoms with Crippen LogP contribution in [0.15, 0.2) is 0 Å². The molecule has 0 aliphatic rings. The molecule has 1 heterocycles. The number of rotatable bonds is 4. The molecule has 13 heavy (non-hydrogen) atoms. The molecule has 1 aromatic heterocycles. The first-order valence-corrected chi connectivity index (χ1v) is 4.20. The van der Waals surface area contributed by atoms with E-state index in [2.05, 4.69) is 9.97 Å². The Morgan fingerprint density at radius 2 is 2.38 bits per heavy atom. The quantitative estimate of drug-likeness (QED) is 0.634. The molecule has 72 valence electrons. The van der Waals surface area contributed by atoms with E-state index in [-0.39, 0.29) is 12.2 Å². The Morgan fingerprint density at radius 1 is 1.69 bits per heavy atom. The summed E-state index contributed by atoms with van der Waals surface area (Å²) < 4.78 is 0. The molecule has 0 saturated carbocycles. The Hall–Kier alpha value is -1.36.